The molecule has 2 heterocycles. The summed E-state index contributed by atoms with van der Waals surface area (Å²) >= 11 is 1.56. The Hall–Kier alpha value is -3.00. The van der Waals surface area contributed by atoms with E-state index in [9.17, 15) is 9.59 Å². The molecule has 1 amide bonds. The van der Waals surface area contributed by atoms with Crippen molar-refractivity contribution >= 4 is 23.2 Å². The number of ether oxygens (including phenoxy) is 1. The van der Waals surface area contributed by atoms with E-state index in [-0.39, 0.29) is 18.3 Å². The lowest BCUT2D eigenvalue weighted by atomic mass is 10.1. The molecule has 0 saturated heterocycles. The number of amides is 1. The first kappa shape index (κ1) is 18.8. The van der Waals surface area contributed by atoms with E-state index in [2.05, 4.69) is 20.3 Å². The summed E-state index contributed by atoms with van der Waals surface area (Å²) in [5, 5.41) is 14.7. The second-order valence-corrected chi connectivity index (χ2v) is 6.58. The number of esters is 1. The molecule has 0 atom stereocenters. The maximum Gasteiger partial charge on any atom is 0.337 e. The average molecular weight is 385 g/mol. The minimum Gasteiger partial charge on any atom is -0.465 e. The monoisotopic (exact) mass is 385 g/mol. The number of hydrogen-bond acceptors (Lipinski definition) is 7. The summed E-state index contributed by atoms with van der Waals surface area (Å²) in [6.07, 6.45) is 1.36. The average Bonchev–Trinajstić information content (AvgIpc) is 3.38. The number of benzene rings is 1. The summed E-state index contributed by atoms with van der Waals surface area (Å²) in [6.45, 7) is 0.514. The molecule has 0 radical (unpaired) electrons. The molecule has 3 aromatic rings. The maximum absolute atomic E-state index is 12.0. The quantitative estimate of drug-likeness (QED) is 0.599. The van der Waals surface area contributed by atoms with Crippen LogP contribution in [0.25, 0.3) is 11.5 Å². The fourth-order valence-corrected chi connectivity index (χ4v) is 3.07. The highest BCUT2D eigenvalue weighted by molar-refractivity contribution is 7.08. The Balaban J connectivity index is 1.39. The summed E-state index contributed by atoms with van der Waals surface area (Å²) < 4.78 is 10.2. The first-order valence-electron chi connectivity index (χ1n) is 8.44. The molecule has 0 fully saturated rings. The zero-order chi connectivity index (χ0) is 19.1. The van der Waals surface area contributed by atoms with Gasteiger partial charge in [-0.1, -0.05) is 12.1 Å². The first-order valence-corrected chi connectivity index (χ1v) is 9.39. The van der Waals surface area contributed by atoms with Gasteiger partial charge in [-0.25, -0.2) is 4.79 Å². The molecule has 8 heteroatoms. The van der Waals surface area contributed by atoms with Gasteiger partial charge in [0.25, 0.3) is 0 Å². The summed E-state index contributed by atoms with van der Waals surface area (Å²) in [6, 6.07) is 9.03. The van der Waals surface area contributed by atoms with Gasteiger partial charge in [-0.05, 0) is 35.6 Å². The highest BCUT2D eigenvalue weighted by Crippen LogP contribution is 2.20. The summed E-state index contributed by atoms with van der Waals surface area (Å²) in [5.41, 5.74) is 2.42. The van der Waals surface area contributed by atoms with Crippen molar-refractivity contribution in [3.05, 3.63) is 58.1 Å². The molecule has 3 rings (SSSR count). The fourth-order valence-electron chi connectivity index (χ4n) is 2.44. The van der Waals surface area contributed by atoms with E-state index in [1.165, 1.54) is 7.11 Å². The van der Waals surface area contributed by atoms with Crippen molar-refractivity contribution in [1.82, 2.24) is 15.5 Å². The van der Waals surface area contributed by atoms with E-state index in [1.807, 2.05) is 29.0 Å². The van der Waals surface area contributed by atoms with Crippen molar-refractivity contribution in [2.45, 2.75) is 19.3 Å². The SMILES string of the molecule is COC(=O)c1ccc(CCNC(=O)CCc2nnc(-c3ccsc3)o2)cc1. The van der Waals surface area contributed by atoms with Crippen LogP contribution in [0.2, 0.25) is 0 Å². The lowest BCUT2D eigenvalue weighted by Gasteiger charge is -2.05. The smallest absolute Gasteiger partial charge is 0.337 e. The first-order chi connectivity index (χ1) is 13.2. The topological polar surface area (TPSA) is 94.3 Å². The second kappa shape index (κ2) is 9.09. The standard InChI is InChI=1S/C19H19N3O4S/c1-25-19(24)14-4-2-13(3-5-14)8-10-20-16(23)6-7-17-21-22-18(26-17)15-9-11-27-12-15/h2-5,9,11-12H,6-8,10H2,1H3,(H,20,23). The van der Waals surface area contributed by atoms with Crippen LogP contribution >= 0.6 is 11.3 Å². The Labute approximate surface area is 160 Å². The Kier molecular flexibility index (Phi) is 6.32. The molecule has 2 aromatic heterocycles. The molecule has 0 unspecified atom stereocenters. The van der Waals surface area contributed by atoms with E-state index in [0.717, 1.165) is 11.1 Å². The maximum atomic E-state index is 12.0. The van der Waals surface area contributed by atoms with E-state index in [4.69, 9.17) is 4.42 Å². The van der Waals surface area contributed by atoms with E-state index in [0.29, 0.717) is 36.7 Å². The van der Waals surface area contributed by atoms with Gasteiger partial charge in [-0.15, -0.1) is 10.2 Å². The molecule has 0 bridgehead atoms. The highest BCUT2D eigenvalue weighted by atomic mass is 32.1. The number of rotatable bonds is 8. The Morgan fingerprint density at radius 2 is 1.96 bits per heavy atom. The predicted molar refractivity (Wildman–Crippen MR) is 100 cm³/mol. The molecule has 0 aliphatic carbocycles. The molecule has 0 aliphatic rings. The van der Waals surface area contributed by atoms with Crippen LogP contribution in [0.4, 0.5) is 0 Å². The second-order valence-electron chi connectivity index (χ2n) is 5.80. The van der Waals surface area contributed by atoms with Crippen LogP contribution in [-0.2, 0) is 22.4 Å². The van der Waals surface area contributed by atoms with Crippen LogP contribution in [0.1, 0.15) is 28.2 Å². The Morgan fingerprint density at radius 3 is 2.67 bits per heavy atom. The van der Waals surface area contributed by atoms with E-state index >= 15 is 0 Å². The lowest BCUT2D eigenvalue weighted by Crippen LogP contribution is -2.25. The van der Waals surface area contributed by atoms with E-state index in [1.54, 1.807) is 23.5 Å². The van der Waals surface area contributed by atoms with Gasteiger partial charge in [-0.3, -0.25) is 4.79 Å². The van der Waals surface area contributed by atoms with Crippen molar-refractivity contribution in [3.8, 4) is 11.5 Å². The van der Waals surface area contributed by atoms with Crippen molar-refractivity contribution in [2.24, 2.45) is 0 Å². The third kappa shape index (κ3) is 5.24. The normalized spacial score (nSPS) is 10.6. The largest absolute Gasteiger partial charge is 0.465 e. The zero-order valence-corrected chi connectivity index (χ0v) is 15.6. The van der Waals surface area contributed by atoms with Crippen LogP contribution in [0.15, 0.2) is 45.5 Å². The van der Waals surface area contributed by atoms with Crippen molar-refractivity contribution in [3.63, 3.8) is 0 Å². The number of methoxy groups -OCH3 is 1. The van der Waals surface area contributed by atoms with Crippen molar-refractivity contribution in [1.29, 1.82) is 0 Å². The Morgan fingerprint density at radius 1 is 1.15 bits per heavy atom. The lowest BCUT2D eigenvalue weighted by molar-refractivity contribution is -0.121. The van der Waals surface area contributed by atoms with Crippen LogP contribution in [0, 0.1) is 0 Å². The van der Waals surface area contributed by atoms with Gasteiger partial charge < -0.3 is 14.5 Å². The minimum atomic E-state index is -0.363. The van der Waals surface area contributed by atoms with Crippen LogP contribution in [0.3, 0.4) is 0 Å². The van der Waals surface area contributed by atoms with Gasteiger partial charge in [0.1, 0.15) is 0 Å². The number of nitrogens with one attached hydrogen (secondary N) is 1. The predicted octanol–water partition coefficient (Wildman–Crippen LogP) is 2.88. The highest BCUT2D eigenvalue weighted by Gasteiger charge is 2.11. The molecule has 0 aliphatic heterocycles. The molecule has 0 spiro atoms. The van der Waals surface area contributed by atoms with Crippen molar-refractivity contribution < 1.29 is 18.7 Å². The molecule has 1 aromatic carbocycles. The molecule has 7 nitrogen and oxygen atoms in total. The number of aromatic nitrogens is 2. The van der Waals surface area contributed by atoms with Crippen LogP contribution in [0.5, 0.6) is 0 Å². The van der Waals surface area contributed by atoms with Gasteiger partial charge in [0, 0.05) is 30.3 Å². The van der Waals surface area contributed by atoms with Gasteiger partial charge in [-0.2, -0.15) is 11.3 Å². The van der Waals surface area contributed by atoms with Crippen LogP contribution in [-0.4, -0.2) is 35.7 Å². The Bertz CT molecular complexity index is 888. The molecule has 140 valence electrons. The number of thiophene rings is 1. The van der Waals surface area contributed by atoms with Crippen molar-refractivity contribution in [2.75, 3.05) is 13.7 Å². The summed E-state index contributed by atoms with van der Waals surface area (Å²) in [7, 11) is 1.35. The van der Waals surface area contributed by atoms with E-state index < -0.39 is 0 Å². The van der Waals surface area contributed by atoms with Gasteiger partial charge in [0.05, 0.1) is 12.7 Å². The zero-order valence-electron chi connectivity index (χ0n) is 14.8. The van der Waals surface area contributed by atoms with Crippen LogP contribution < -0.4 is 5.32 Å². The number of hydrogen-bond donors (Lipinski definition) is 1. The number of carbonyl (C=O) groups is 2. The third-order valence-electron chi connectivity index (χ3n) is 3.91. The molecule has 1 N–H and O–H groups in total. The number of nitrogens with zero attached hydrogens (tertiary/aromatic N) is 2. The number of aryl methyl sites for hydroxylation is 1. The minimum absolute atomic E-state index is 0.0727. The molecule has 27 heavy (non-hydrogen) atoms. The molecular formula is C19H19N3O4S. The van der Waals surface area contributed by atoms with Gasteiger partial charge in [0.2, 0.25) is 17.7 Å². The fraction of sp³-hybridized carbons (Fsp3) is 0.263. The molecular weight excluding hydrogens is 366 g/mol. The van der Waals surface area contributed by atoms with Gasteiger partial charge in [0.15, 0.2) is 0 Å². The summed E-state index contributed by atoms with van der Waals surface area (Å²) in [5.74, 6) is 0.487. The summed E-state index contributed by atoms with van der Waals surface area (Å²) in [4.78, 5) is 23.4. The third-order valence-corrected chi connectivity index (χ3v) is 4.60. The van der Waals surface area contributed by atoms with Gasteiger partial charge >= 0.3 is 5.97 Å². The molecule has 0 saturated carbocycles. The number of carbonyl (C=O) groups excluding carboxylic acids is 2.